The molecule has 7 heteroatoms. The molecule has 4 heterocycles. The lowest BCUT2D eigenvalue weighted by molar-refractivity contribution is 0.631. The number of H-pyrrole nitrogens is 1. The highest BCUT2D eigenvalue weighted by atomic mass is 35.5. The molecule has 0 fully saturated rings. The van der Waals surface area contributed by atoms with Crippen LogP contribution in [0.15, 0.2) is 54.9 Å². The van der Waals surface area contributed by atoms with Crippen molar-refractivity contribution in [1.82, 2.24) is 19.7 Å². The third kappa shape index (κ3) is 3.91. The van der Waals surface area contributed by atoms with Crippen molar-refractivity contribution in [2.24, 2.45) is 0 Å². The first kappa shape index (κ1) is 23.7. The summed E-state index contributed by atoms with van der Waals surface area (Å²) in [4.78, 5) is 10.2. The Balaban J connectivity index is 1.58. The van der Waals surface area contributed by atoms with Gasteiger partial charge in [0.25, 0.3) is 0 Å². The van der Waals surface area contributed by atoms with E-state index in [9.17, 15) is 0 Å². The van der Waals surface area contributed by atoms with Crippen LogP contribution in [-0.4, -0.2) is 26.3 Å². The van der Waals surface area contributed by atoms with Gasteiger partial charge in [0.15, 0.2) is 0 Å². The Labute approximate surface area is 220 Å². The Morgan fingerprint density at radius 3 is 2.57 bits per heavy atom. The van der Waals surface area contributed by atoms with Crippen LogP contribution in [0.1, 0.15) is 47.7 Å². The second kappa shape index (κ2) is 9.03. The van der Waals surface area contributed by atoms with Crippen LogP contribution in [0.2, 0.25) is 5.02 Å². The van der Waals surface area contributed by atoms with Gasteiger partial charge in [-0.1, -0.05) is 49.7 Å². The number of halogens is 2. The molecule has 0 saturated heterocycles. The van der Waals surface area contributed by atoms with Crippen LogP contribution in [0.25, 0.3) is 27.8 Å². The Morgan fingerprint density at radius 1 is 1.08 bits per heavy atom. The van der Waals surface area contributed by atoms with Crippen LogP contribution >= 0.6 is 11.6 Å². The first-order valence-electron chi connectivity index (χ1n) is 12.7. The smallest absolute Gasteiger partial charge is 0.134 e. The van der Waals surface area contributed by atoms with Crippen molar-refractivity contribution in [3.63, 3.8) is 0 Å². The summed E-state index contributed by atoms with van der Waals surface area (Å²) in [5, 5.41) is 6.21. The van der Waals surface area contributed by atoms with E-state index in [2.05, 4.69) is 61.8 Å². The number of nitrogens with zero attached hydrogens (tertiary/aromatic N) is 4. The first-order chi connectivity index (χ1) is 17.8. The van der Waals surface area contributed by atoms with Gasteiger partial charge in [0.05, 0.1) is 27.6 Å². The maximum Gasteiger partial charge on any atom is 0.134 e. The summed E-state index contributed by atoms with van der Waals surface area (Å²) >= 11 is 6.42. The topological polar surface area (TPSA) is 49.7 Å². The molecule has 0 radical (unpaired) electrons. The van der Waals surface area contributed by atoms with Crippen molar-refractivity contribution in [2.45, 2.75) is 46.6 Å². The molecule has 1 aliphatic heterocycles. The van der Waals surface area contributed by atoms with E-state index in [-0.39, 0.29) is 5.82 Å². The van der Waals surface area contributed by atoms with Gasteiger partial charge in [-0.2, -0.15) is 5.10 Å². The minimum atomic E-state index is -0.358. The molecule has 0 bridgehead atoms. The number of nitrogens with one attached hydrogen (secondary N) is 1. The van der Waals surface area contributed by atoms with Crippen molar-refractivity contribution in [2.75, 3.05) is 11.4 Å². The van der Waals surface area contributed by atoms with Crippen molar-refractivity contribution in [3.05, 3.63) is 93.6 Å². The van der Waals surface area contributed by atoms with Gasteiger partial charge < -0.3 is 9.88 Å². The number of hydrogen-bond donors (Lipinski definition) is 1. The highest BCUT2D eigenvalue weighted by Crippen LogP contribution is 2.41. The molecular weight excluding hydrogens is 485 g/mol. The predicted molar refractivity (Wildman–Crippen MR) is 148 cm³/mol. The maximum atomic E-state index is 15.9. The molecule has 0 saturated carbocycles. The number of aryl methyl sites for hydroxylation is 2. The molecule has 37 heavy (non-hydrogen) atoms. The molecule has 5 nitrogen and oxygen atoms in total. The number of fused-ring (bicyclic) bond motifs is 2. The average Bonchev–Trinajstić information content (AvgIpc) is 3.50. The number of anilines is 1. The fraction of sp³-hybridized carbons (Fsp3) is 0.267. The van der Waals surface area contributed by atoms with Gasteiger partial charge in [0, 0.05) is 48.4 Å². The standard InChI is InChI=1S/C30H29ClFN5/c1-17(2)20-8-9-26(34-15-20)36-13-11-25-22(16-36)30(37(35-25)29-18(3)6-5-7-19(29)4)27-21-10-12-33-28(21)23(31)14-24(27)32/h5-10,12,14-15,17,33H,11,13,16H2,1-4H3. The van der Waals surface area contributed by atoms with E-state index in [1.807, 2.05) is 23.0 Å². The van der Waals surface area contributed by atoms with Crippen LogP contribution < -0.4 is 4.90 Å². The Bertz CT molecular complexity index is 1610. The molecule has 0 aliphatic carbocycles. The third-order valence-corrected chi connectivity index (χ3v) is 7.73. The van der Waals surface area contributed by atoms with Crippen molar-refractivity contribution < 1.29 is 4.39 Å². The normalized spacial score (nSPS) is 13.5. The van der Waals surface area contributed by atoms with Crippen LogP contribution in [0.5, 0.6) is 0 Å². The van der Waals surface area contributed by atoms with Gasteiger partial charge in [-0.3, -0.25) is 0 Å². The zero-order chi connectivity index (χ0) is 25.8. The first-order valence-corrected chi connectivity index (χ1v) is 13.0. The lowest BCUT2D eigenvalue weighted by Crippen LogP contribution is -2.31. The van der Waals surface area contributed by atoms with E-state index in [1.54, 1.807) is 6.20 Å². The van der Waals surface area contributed by atoms with Crippen LogP contribution in [0.3, 0.4) is 0 Å². The summed E-state index contributed by atoms with van der Waals surface area (Å²) in [6.07, 6.45) is 4.51. The molecule has 0 unspecified atom stereocenters. The van der Waals surface area contributed by atoms with Gasteiger partial charge in [-0.25, -0.2) is 14.1 Å². The zero-order valence-electron chi connectivity index (χ0n) is 21.4. The molecule has 188 valence electrons. The highest BCUT2D eigenvalue weighted by molar-refractivity contribution is 6.35. The monoisotopic (exact) mass is 513 g/mol. The fourth-order valence-corrected chi connectivity index (χ4v) is 5.71. The van der Waals surface area contributed by atoms with E-state index in [0.717, 1.165) is 63.5 Å². The van der Waals surface area contributed by atoms with Crippen LogP contribution in [0, 0.1) is 19.7 Å². The van der Waals surface area contributed by atoms with E-state index >= 15 is 4.39 Å². The SMILES string of the molecule is Cc1cccc(C)c1-n1nc2c(c1-c1c(F)cc(Cl)c3[nH]ccc13)CN(c1ccc(C(C)C)cn1)CC2. The Morgan fingerprint density at radius 2 is 1.86 bits per heavy atom. The Kier molecular flexibility index (Phi) is 5.80. The molecule has 2 aromatic carbocycles. The molecule has 0 spiro atoms. The third-order valence-electron chi connectivity index (χ3n) is 7.43. The molecule has 0 amide bonds. The lowest BCUT2D eigenvalue weighted by atomic mass is 9.97. The molecule has 1 N–H and O–H groups in total. The summed E-state index contributed by atoms with van der Waals surface area (Å²) in [6.45, 7) is 9.87. The number of benzene rings is 2. The number of aromatic nitrogens is 4. The van der Waals surface area contributed by atoms with Crippen LogP contribution in [-0.2, 0) is 13.0 Å². The second-order valence-electron chi connectivity index (χ2n) is 10.2. The van der Waals surface area contributed by atoms with Gasteiger partial charge in [-0.05, 0) is 54.7 Å². The molecule has 5 aromatic rings. The summed E-state index contributed by atoms with van der Waals surface area (Å²) in [5.74, 6) is 0.987. The van der Waals surface area contributed by atoms with Gasteiger partial charge in [-0.15, -0.1) is 0 Å². The van der Waals surface area contributed by atoms with Crippen molar-refractivity contribution in [3.8, 4) is 16.9 Å². The van der Waals surface area contributed by atoms with Crippen molar-refractivity contribution >= 4 is 28.3 Å². The summed E-state index contributed by atoms with van der Waals surface area (Å²) < 4.78 is 17.8. The molecule has 6 rings (SSSR count). The quantitative estimate of drug-likeness (QED) is 0.270. The summed E-state index contributed by atoms with van der Waals surface area (Å²) in [5.41, 5.74) is 8.39. The van der Waals surface area contributed by atoms with Crippen molar-refractivity contribution in [1.29, 1.82) is 0 Å². The number of para-hydroxylation sites is 1. The zero-order valence-corrected chi connectivity index (χ0v) is 22.2. The Hall–Kier alpha value is -3.64. The van der Waals surface area contributed by atoms with E-state index < -0.39 is 0 Å². The lowest BCUT2D eigenvalue weighted by Gasteiger charge is -2.28. The van der Waals surface area contributed by atoms with Gasteiger partial charge in [0.1, 0.15) is 11.6 Å². The number of aromatic amines is 1. The molecule has 1 aliphatic rings. The largest absolute Gasteiger partial charge is 0.360 e. The fourth-order valence-electron chi connectivity index (χ4n) is 5.45. The van der Waals surface area contributed by atoms with Gasteiger partial charge >= 0.3 is 0 Å². The summed E-state index contributed by atoms with van der Waals surface area (Å²) in [6, 6.07) is 13.7. The van der Waals surface area contributed by atoms with E-state index in [4.69, 9.17) is 21.7 Å². The van der Waals surface area contributed by atoms with Crippen LogP contribution in [0.4, 0.5) is 10.2 Å². The number of pyridine rings is 1. The van der Waals surface area contributed by atoms with E-state index in [0.29, 0.717) is 23.0 Å². The molecule has 3 aromatic heterocycles. The predicted octanol–water partition coefficient (Wildman–Crippen LogP) is 7.51. The second-order valence-corrected chi connectivity index (χ2v) is 10.6. The number of hydrogen-bond acceptors (Lipinski definition) is 3. The minimum Gasteiger partial charge on any atom is -0.360 e. The minimum absolute atomic E-state index is 0.358. The average molecular weight is 514 g/mol. The van der Waals surface area contributed by atoms with E-state index in [1.165, 1.54) is 11.6 Å². The molecular formula is C30H29ClFN5. The van der Waals surface area contributed by atoms with Gasteiger partial charge in [0.2, 0.25) is 0 Å². The number of rotatable bonds is 4. The maximum absolute atomic E-state index is 15.9. The molecule has 0 atom stereocenters. The summed E-state index contributed by atoms with van der Waals surface area (Å²) in [7, 11) is 0. The highest BCUT2D eigenvalue weighted by Gasteiger charge is 2.30.